The fourth-order valence-electron chi connectivity index (χ4n) is 3.58. The average molecular weight is 475 g/mol. The summed E-state index contributed by atoms with van der Waals surface area (Å²) in [5, 5.41) is 25.2. The van der Waals surface area contributed by atoms with Crippen LogP contribution in [0, 0.1) is 18.3 Å². The van der Waals surface area contributed by atoms with E-state index in [9.17, 15) is 20.0 Å². The highest BCUT2D eigenvalue weighted by molar-refractivity contribution is 5.92. The first kappa shape index (κ1) is 23.2. The van der Waals surface area contributed by atoms with E-state index >= 15 is 0 Å². The second-order valence-electron chi connectivity index (χ2n) is 7.41. The molecule has 0 atom stereocenters. The molecule has 0 saturated heterocycles. The quantitative estimate of drug-likeness (QED) is 0.325. The van der Waals surface area contributed by atoms with Crippen LogP contribution in [0.4, 0.5) is 11.5 Å². The number of nitrogens with one attached hydrogen (secondary N) is 2. The standard InChI is InChI=1S/C24H21N5O6/c1-13-16(24(31)32)5-4-6-17(13)27-23-21(28-22-15(10-25)11-26-29(22)23)14-7-8-18(19(9-14)33-2)35-12-20(30)34-3/h4-9,11,26-27H,12H2,1-3H3,(H,31,32). The molecular formula is C24H21N5O6. The van der Waals surface area contributed by atoms with E-state index in [1.54, 1.807) is 41.8 Å². The van der Waals surface area contributed by atoms with E-state index in [1.807, 2.05) is 0 Å². The zero-order valence-electron chi connectivity index (χ0n) is 19.1. The third-order valence-corrected chi connectivity index (χ3v) is 5.40. The van der Waals surface area contributed by atoms with Gasteiger partial charge in [0, 0.05) is 17.4 Å². The van der Waals surface area contributed by atoms with Crippen LogP contribution in [0.15, 0.2) is 42.6 Å². The van der Waals surface area contributed by atoms with Gasteiger partial charge in [-0.3, -0.25) is 5.10 Å². The molecule has 178 valence electrons. The summed E-state index contributed by atoms with van der Waals surface area (Å²) in [5.74, 6) is -0.391. The number of nitriles is 1. The first-order chi connectivity index (χ1) is 16.9. The Labute approximate surface area is 199 Å². The van der Waals surface area contributed by atoms with Crippen molar-refractivity contribution in [1.82, 2.24) is 14.6 Å². The minimum Gasteiger partial charge on any atom is -0.493 e. The predicted molar refractivity (Wildman–Crippen MR) is 125 cm³/mol. The monoisotopic (exact) mass is 475 g/mol. The lowest BCUT2D eigenvalue weighted by Gasteiger charge is -2.14. The van der Waals surface area contributed by atoms with Gasteiger partial charge in [0.05, 0.1) is 19.8 Å². The van der Waals surface area contributed by atoms with Crippen LogP contribution in [0.2, 0.25) is 0 Å². The summed E-state index contributed by atoms with van der Waals surface area (Å²) in [6, 6.07) is 12.1. The van der Waals surface area contributed by atoms with Crippen LogP contribution in [0.1, 0.15) is 21.5 Å². The number of benzene rings is 2. The molecule has 4 rings (SSSR count). The second-order valence-corrected chi connectivity index (χ2v) is 7.41. The number of H-pyrrole nitrogens is 1. The zero-order chi connectivity index (χ0) is 25.1. The molecule has 11 heteroatoms. The molecule has 2 aromatic heterocycles. The highest BCUT2D eigenvalue weighted by atomic mass is 16.6. The Morgan fingerprint density at radius 2 is 2.03 bits per heavy atom. The van der Waals surface area contributed by atoms with Crippen LogP contribution in [0.3, 0.4) is 0 Å². The highest BCUT2D eigenvalue weighted by Crippen LogP contribution is 2.37. The van der Waals surface area contributed by atoms with E-state index in [4.69, 9.17) is 9.47 Å². The number of anilines is 2. The number of aromatic amines is 1. The van der Waals surface area contributed by atoms with Gasteiger partial charge in [0.15, 0.2) is 29.6 Å². The fourth-order valence-corrected chi connectivity index (χ4v) is 3.58. The Kier molecular flexibility index (Phi) is 6.28. The molecule has 0 saturated carbocycles. The number of esters is 1. The number of carboxylic acids is 1. The summed E-state index contributed by atoms with van der Waals surface area (Å²) in [6.07, 6.45) is 1.53. The number of carbonyl (C=O) groups is 2. The topological polar surface area (TPSA) is 151 Å². The zero-order valence-corrected chi connectivity index (χ0v) is 19.1. The number of hydrogen-bond donors (Lipinski definition) is 3. The smallest absolute Gasteiger partial charge is 0.343 e. The van der Waals surface area contributed by atoms with Crippen molar-refractivity contribution in [1.29, 1.82) is 5.26 Å². The Morgan fingerprint density at radius 3 is 2.71 bits per heavy atom. The lowest BCUT2D eigenvalue weighted by Crippen LogP contribution is -2.12. The molecular weight excluding hydrogens is 454 g/mol. The summed E-state index contributed by atoms with van der Waals surface area (Å²) in [6.45, 7) is 1.42. The van der Waals surface area contributed by atoms with Gasteiger partial charge in [0.2, 0.25) is 0 Å². The Morgan fingerprint density at radius 1 is 1.23 bits per heavy atom. The van der Waals surface area contributed by atoms with Crippen molar-refractivity contribution in [2.45, 2.75) is 6.92 Å². The van der Waals surface area contributed by atoms with E-state index in [-0.39, 0.29) is 12.2 Å². The normalized spacial score (nSPS) is 10.6. The third-order valence-electron chi connectivity index (χ3n) is 5.40. The fraction of sp³-hybridized carbons (Fsp3) is 0.167. The van der Waals surface area contributed by atoms with Crippen molar-refractivity contribution < 1.29 is 28.9 Å². The summed E-state index contributed by atoms with van der Waals surface area (Å²) in [7, 11) is 2.74. The Balaban J connectivity index is 1.82. The van der Waals surface area contributed by atoms with Crippen molar-refractivity contribution >= 4 is 29.1 Å². The minimum atomic E-state index is -1.04. The number of methoxy groups -OCH3 is 2. The third kappa shape index (κ3) is 4.32. The summed E-state index contributed by atoms with van der Waals surface area (Å²) >= 11 is 0. The highest BCUT2D eigenvalue weighted by Gasteiger charge is 2.21. The molecule has 3 N–H and O–H groups in total. The van der Waals surface area contributed by atoms with Crippen molar-refractivity contribution in [3.63, 3.8) is 0 Å². The van der Waals surface area contributed by atoms with E-state index in [1.165, 1.54) is 26.5 Å². The molecule has 35 heavy (non-hydrogen) atoms. The summed E-state index contributed by atoms with van der Waals surface area (Å²) < 4.78 is 17.1. The maximum absolute atomic E-state index is 11.6. The van der Waals surface area contributed by atoms with Crippen LogP contribution < -0.4 is 14.8 Å². The number of fused-ring (bicyclic) bond motifs is 1. The Bertz CT molecular complexity index is 1480. The molecule has 0 unspecified atom stereocenters. The number of carbonyl (C=O) groups excluding carboxylic acids is 1. The molecule has 0 aliphatic rings. The molecule has 0 fully saturated rings. The molecule has 11 nitrogen and oxygen atoms in total. The molecule has 0 aliphatic heterocycles. The van der Waals surface area contributed by atoms with Gasteiger partial charge in [-0.15, -0.1) is 0 Å². The molecule has 4 aromatic rings. The van der Waals surface area contributed by atoms with E-state index in [0.717, 1.165) is 0 Å². The number of ether oxygens (including phenoxy) is 3. The van der Waals surface area contributed by atoms with Crippen LogP contribution in [0.5, 0.6) is 11.5 Å². The summed E-state index contributed by atoms with van der Waals surface area (Å²) in [5.41, 5.74) is 3.09. The van der Waals surface area contributed by atoms with Crippen LogP contribution in [-0.2, 0) is 9.53 Å². The Hall–Kier alpha value is -4.98. The van der Waals surface area contributed by atoms with Crippen molar-refractivity contribution in [3.8, 4) is 28.8 Å². The number of imidazole rings is 1. The minimum absolute atomic E-state index is 0.162. The van der Waals surface area contributed by atoms with Gasteiger partial charge in [-0.05, 0) is 42.8 Å². The molecule has 0 radical (unpaired) electrons. The van der Waals surface area contributed by atoms with Gasteiger partial charge in [-0.1, -0.05) is 6.07 Å². The van der Waals surface area contributed by atoms with Gasteiger partial charge < -0.3 is 24.6 Å². The predicted octanol–water partition coefficient (Wildman–Crippen LogP) is 3.51. The number of hydrogen-bond acceptors (Lipinski definition) is 8. The molecule has 0 spiro atoms. The molecule has 2 heterocycles. The van der Waals surface area contributed by atoms with Gasteiger partial charge in [-0.2, -0.15) is 5.26 Å². The number of carboxylic acid groups (broad SMARTS) is 1. The van der Waals surface area contributed by atoms with Crippen LogP contribution in [-0.4, -0.2) is 52.5 Å². The first-order valence-corrected chi connectivity index (χ1v) is 10.4. The van der Waals surface area contributed by atoms with E-state index in [2.05, 4.69) is 26.2 Å². The van der Waals surface area contributed by atoms with Crippen molar-refractivity contribution in [3.05, 3.63) is 59.3 Å². The number of nitrogens with zero attached hydrogens (tertiary/aromatic N) is 3. The molecule has 0 aliphatic carbocycles. The van der Waals surface area contributed by atoms with E-state index < -0.39 is 11.9 Å². The van der Waals surface area contributed by atoms with Gasteiger partial charge in [0.1, 0.15) is 17.3 Å². The number of aromatic nitrogens is 3. The molecule has 0 bridgehead atoms. The maximum atomic E-state index is 11.6. The summed E-state index contributed by atoms with van der Waals surface area (Å²) in [4.78, 5) is 27.7. The maximum Gasteiger partial charge on any atom is 0.343 e. The first-order valence-electron chi connectivity index (χ1n) is 10.4. The lowest BCUT2D eigenvalue weighted by atomic mass is 10.1. The van der Waals surface area contributed by atoms with Gasteiger partial charge >= 0.3 is 11.9 Å². The second kappa shape index (κ2) is 9.48. The lowest BCUT2D eigenvalue weighted by molar-refractivity contribution is -0.142. The SMILES string of the molecule is COC(=O)COc1ccc(-c2nc3c(C#N)c[nH]n3c2Nc2cccc(C(=O)O)c2C)cc1OC. The van der Waals surface area contributed by atoms with E-state index in [0.29, 0.717) is 51.0 Å². The van der Waals surface area contributed by atoms with Crippen molar-refractivity contribution in [2.24, 2.45) is 0 Å². The van der Waals surface area contributed by atoms with Crippen LogP contribution >= 0.6 is 0 Å². The number of rotatable bonds is 8. The molecule has 2 aromatic carbocycles. The molecule has 0 amide bonds. The number of aromatic carboxylic acids is 1. The van der Waals surface area contributed by atoms with Crippen molar-refractivity contribution in [2.75, 3.05) is 26.1 Å². The largest absolute Gasteiger partial charge is 0.493 e. The average Bonchev–Trinajstić information content (AvgIpc) is 3.43. The van der Waals surface area contributed by atoms with Gasteiger partial charge in [-0.25, -0.2) is 19.1 Å². The van der Waals surface area contributed by atoms with Crippen LogP contribution in [0.25, 0.3) is 16.9 Å². The van der Waals surface area contributed by atoms with Gasteiger partial charge in [0.25, 0.3) is 0 Å².